The van der Waals surface area contributed by atoms with Crippen molar-refractivity contribution < 1.29 is 55.0 Å². The fourth-order valence-corrected chi connectivity index (χ4v) is 5.71. The van der Waals surface area contributed by atoms with Gasteiger partial charge in [0.2, 0.25) is 0 Å². The van der Waals surface area contributed by atoms with E-state index in [9.17, 15) is 40.4 Å². The lowest BCUT2D eigenvalue weighted by Gasteiger charge is -2.12. The SMILES string of the molecule is CCS(=O)(=O)c1ccc(O)c(N=Nc2c(S(=O)O)cc3cc(SOOO)cc(S(=O)(=O)O)c3c2O)c1. The normalized spacial score (nSPS) is 13.4. The quantitative estimate of drug-likeness (QED) is 0.0607. The van der Waals surface area contributed by atoms with Crippen molar-refractivity contribution in [1.82, 2.24) is 0 Å². The van der Waals surface area contributed by atoms with Crippen LogP contribution in [-0.2, 0) is 40.4 Å². The predicted octanol–water partition coefficient (Wildman–Crippen LogP) is 3.72. The van der Waals surface area contributed by atoms with E-state index < -0.39 is 63.4 Å². The van der Waals surface area contributed by atoms with E-state index in [0.29, 0.717) is 12.0 Å². The van der Waals surface area contributed by atoms with Crippen molar-refractivity contribution in [3.05, 3.63) is 36.4 Å². The second kappa shape index (κ2) is 10.7. The van der Waals surface area contributed by atoms with Crippen LogP contribution in [0.2, 0.25) is 0 Å². The average molecular weight is 581 g/mol. The molecule has 194 valence electrons. The molecule has 0 aromatic heterocycles. The summed E-state index contributed by atoms with van der Waals surface area (Å²) in [5.74, 6) is -1.73. The standard InChI is InChI=1S/C18H16N2O12S4/c1-2-35(26,27)11-3-4-13(21)12(8-11)19-20-17-14(34(24)25)6-9-5-10(33-32-31-23)7-15(36(28,29)30)16(9)18(17)22/h3-8,21-23H,2H2,1H3,(H,24,25)(H,28,29,30). The first-order chi connectivity index (χ1) is 16.8. The zero-order valence-electron chi connectivity index (χ0n) is 17.8. The number of nitrogens with zero attached hydrogens (tertiary/aromatic N) is 2. The predicted molar refractivity (Wildman–Crippen MR) is 125 cm³/mol. The van der Waals surface area contributed by atoms with Crippen LogP contribution in [0.5, 0.6) is 11.5 Å². The average Bonchev–Trinajstić information content (AvgIpc) is 2.81. The zero-order chi connectivity index (χ0) is 26.8. The van der Waals surface area contributed by atoms with E-state index in [1.165, 1.54) is 13.0 Å². The summed E-state index contributed by atoms with van der Waals surface area (Å²) in [5.41, 5.74) is -1.08. The molecule has 3 rings (SSSR count). The molecule has 0 aliphatic rings. The summed E-state index contributed by atoms with van der Waals surface area (Å²) in [6.07, 6.45) is 0. The Morgan fingerprint density at radius 1 is 1.06 bits per heavy atom. The lowest BCUT2D eigenvalue weighted by molar-refractivity contribution is -0.432. The minimum atomic E-state index is -5.00. The van der Waals surface area contributed by atoms with Gasteiger partial charge in [-0.15, -0.1) is 14.6 Å². The van der Waals surface area contributed by atoms with E-state index in [4.69, 9.17) is 5.26 Å². The van der Waals surface area contributed by atoms with Gasteiger partial charge in [-0.25, -0.2) is 17.9 Å². The summed E-state index contributed by atoms with van der Waals surface area (Å²) in [7, 11) is -8.69. The highest BCUT2D eigenvalue weighted by Gasteiger charge is 2.25. The number of sulfone groups is 1. The smallest absolute Gasteiger partial charge is 0.295 e. The summed E-state index contributed by atoms with van der Waals surface area (Å²) < 4.78 is 83.9. The maximum absolute atomic E-state index is 12.1. The molecule has 0 radical (unpaired) electrons. The number of phenolic OH excluding ortho intramolecular Hbond substituents is 2. The minimum absolute atomic E-state index is 0.0634. The Kier molecular flexibility index (Phi) is 8.33. The maximum Gasteiger partial charge on any atom is 0.295 e. The molecule has 0 amide bonds. The van der Waals surface area contributed by atoms with Crippen molar-refractivity contribution in [3.8, 4) is 11.5 Å². The monoisotopic (exact) mass is 580 g/mol. The third kappa shape index (κ3) is 5.82. The van der Waals surface area contributed by atoms with Gasteiger partial charge in [0, 0.05) is 10.3 Å². The highest BCUT2D eigenvalue weighted by atomic mass is 32.2. The van der Waals surface area contributed by atoms with Gasteiger partial charge in [0.1, 0.15) is 22.0 Å². The van der Waals surface area contributed by atoms with Gasteiger partial charge in [0.05, 0.1) is 27.6 Å². The second-order valence-electron chi connectivity index (χ2n) is 6.80. The molecule has 0 aliphatic heterocycles. The summed E-state index contributed by atoms with van der Waals surface area (Å²) in [5, 5.41) is 39.3. The van der Waals surface area contributed by atoms with Gasteiger partial charge in [-0.05, 0) is 41.8 Å². The number of hydrogen-bond acceptors (Lipinski definition) is 13. The van der Waals surface area contributed by atoms with E-state index in [0.717, 1.165) is 30.3 Å². The van der Waals surface area contributed by atoms with Gasteiger partial charge in [-0.1, -0.05) is 12.0 Å². The lowest BCUT2D eigenvalue weighted by Crippen LogP contribution is -2.02. The molecule has 1 unspecified atom stereocenters. The first kappa shape index (κ1) is 27.9. The van der Waals surface area contributed by atoms with Crippen molar-refractivity contribution in [2.45, 2.75) is 26.5 Å². The lowest BCUT2D eigenvalue weighted by atomic mass is 10.1. The van der Waals surface area contributed by atoms with Gasteiger partial charge < -0.3 is 14.8 Å². The van der Waals surface area contributed by atoms with E-state index >= 15 is 0 Å². The van der Waals surface area contributed by atoms with Gasteiger partial charge in [-0.2, -0.15) is 8.42 Å². The molecule has 36 heavy (non-hydrogen) atoms. The van der Waals surface area contributed by atoms with Crippen molar-refractivity contribution in [1.29, 1.82) is 0 Å². The number of fused-ring (bicyclic) bond motifs is 1. The first-order valence-electron chi connectivity index (χ1n) is 9.34. The highest BCUT2D eigenvalue weighted by molar-refractivity contribution is 7.94. The fraction of sp³-hybridized carbons (Fsp3) is 0.111. The molecule has 0 aliphatic carbocycles. The summed E-state index contributed by atoms with van der Waals surface area (Å²) >= 11 is -2.50. The number of hydrogen-bond donors (Lipinski definition) is 5. The molecule has 0 bridgehead atoms. The van der Waals surface area contributed by atoms with Gasteiger partial charge in [0.15, 0.2) is 26.7 Å². The van der Waals surface area contributed by atoms with Crippen LogP contribution in [0.4, 0.5) is 11.4 Å². The van der Waals surface area contributed by atoms with Crippen molar-refractivity contribution >= 4 is 65.2 Å². The topological polar surface area (TPSA) is 230 Å². The van der Waals surface area contributed by atoms with E-state index in [1.54, 1.807) is 0 Å². The molecule has 1 atom stereocenters. The maximum atomic E-state index is 12.1. The number of rotatable bonds is 9. The molecule has 3 aromatic rings. The number of azo groups is 1. The van der Waals surface area contributed by atoms with Gasteiger partial charge >= 0.3 is 0 Å². The third-order valence-electron chi connectivity index (χ3n) is 4.66. The molecule has 3 aromatic carbocycles. The molecular weight excluding hydrogens is 564 g/mol. The minimum Gasteiger partial charge on any atom is -0.506 e. The van der Waals surface area contributed by atoms with Crippen LogP contribution in [0, 0.1) is 0 Å². The van der Waals surface area contributed by atoms with Crippen LogP contribution in [0.25, 0.3) is 10.8 Å². The molecular formula is C18H16N2O12S4. The van der Waals surface area contributed by atoms with Crippen molar-refractivity contribution in [2.75, 3.05) is 5.75 Å². The van der Waals surface area contributed by atoms with Crippen molar-refractivity contribution in [2.24, 2.45) is 10.2 Å². The highest BCUT2D eigenvalue weighted by Crippen LogP contribution is 2.45. The Morgan fingerprint density at radius 3 is 2.33 bits per heavy atom. The summed E-state index contributed by atoms with van der Waals surface area (Å²) in [4.78, 5) is -1.67. The Balaban J connectivity index is 2.30. The van der Waals surface area contributed by atoms with Crippen LogP contribution in [0.1, 0.15) is 6.92 Å². The molecule has 0 heterocycles. The zero-order valence-corrected chi connectivity index (χ0v) is 21.1. The largest absolute Gasteiger partial charge is 0.506 e. The number of aromatic hydroxyl groups is 2. The summed E-state index contributed by atoms with van der Waals surface area (Å²) in [6.45, 7) is 1.40. The third-order valence-corrected chi connectivity index (χ3v) is 8.51. The van der Waals surface area contributed by atoms with E-state index in [2.05, 4.69) is 19.6 Å². The van der Waals surface area contributed by atoms with Crippen LogP contribution < -0.4 is 0 Å². The Hall–Kier alpha value is -2.68. The molecule has 0 spiro atoms. The van der Waals surface area contributed by atoms with Crippen LogP contribution >= 0.6 is 12.0 Å². The van der Waals surface area contributed by atoms with Crippen molar-refractivity contribution in [3.63, 3.8) is 0 Å². The summed E-state index contributed by atoms with van der Waals surface area (Å²) in [6, 6.07) is 6.15. The van der Waals surface area contributed by atoms with Crippen LogP contribution in [0.15, 0.2) is 66.2 Å². The molecule has 14 nitrogen and oxygen atoms in total. The van der Waals surface area contributed by atoms with Gasteiger partial charge in [0.25, 0.3) is 10.1 Å². The van der Waals surface area contributed by atoms with Crippen LogP contribution in [0.3, 0.4) is 0 Å². The Bertz CT molecular complexity index is 1600. The molecule has 0 fully saturated rings. The molecule has 5 N–H and O–H groups in total. The van der Waals surface area contributed by atoms with Gasteiger partial charge in [-0.3, -0.25) is 4.55 Å². The Morgan fingerprint density at radius 2 is 1.75 bits per heavy atom. The molecule has 0 saturated heterocycles. The second-order valence-corrected chi connectivity index (χ2v) is 12.2. The number of benzene rings is 3. The first-order valence-corrected chi connectivity index (χ1v) is 14.3. The molecule has 18 heteroatoms. The van der Waals surface area contributed by atoms with Crippen LogP contribution in [-0.4, -0.2) is 51.4 Å². The van der Waals surface area contributed by atoms with E-state index in [-0.39, 0.29) is 26.6 Å². The Labute approximate surface area is 210 Å². The van der Waals surface area contributed by atoms with E-state index in [1.807, 2.05) is 0 Å². The fourth-order valence-electron chi connectivity index (χ4n) is 3.01. The number of phenols is 2. The molecule has 0 saturated carbocycles.